The second-order valence-electron chi connectivity index (χ2n) is 9.92. The molecule has 43 heavy (non-hydrogen) atoms. The molecule has 14 heteroatoms. The van der Waals surface area contributed by atoms with Gasteiger partial charge >= 0.3 is 6.09 Å². The van der Waals surface area contributed by atoms with Gasteiger partial charge in [0.1, 0.15) is 17.2 Å². The van der Waals surface area contributed by atoms with Crippen molar-refractivity contribution in [3.05, 3.63) is 60.1 Å². The van der Waals surface area contributed by atoms with Crippen LogP contribution in [0.2, 0.25) is 0 Å². The highest BCUT2D eigenvalue weighted by Crippen LogP contribution is 2.37. The number of thiazole rings is 1. The van der Waals surface area contributed by atoms with Gasteiger partial charge < -0.3 is 19.1 Å². The van der Waals surface area contributed by atoms with E-state index in [1.54, 1.807) is 40.2 Å². The van der Waals surface area contributed by atoms with Gasteiger partial charge in [-0.1, -0.05) is 0 Å². The number of nitrogens with one attached hydrogen (secondary N) is 1. The fourth-order valence-electron chi connectivity index (χ4n) is 4.06. The molecule has 2 aromatic carbocycles. The molecule has 3 aromatic heterocycles. The number of rotatable bonds is 8. The minimum atomic E-state index is -0.785. The molecular formula is C29H28FN7O5S. The van der Waals surface area contributed by atoms with Crippen LogP contribution >= 0.6 is 11.3 Å². The topological polar surface area (TPSA) is 142 Å². The number of aryl methyl sites for hydroxylation is 1. The van der Waals surface area contributed by atoms with E-state index in [2.05, 4.69) is 30.2 Å². The number of halogens is 1. The molecule has 2 atom stereocenters. The second kappa shape index (κ2) is 12.1. The summed E-state index contributed by atoms with van der Waals surface area (Å²) in [6, 6.07) is 6.77. The molecular weight excluding hydrogens is 577 g/mol. The van der Waals surface area contributed by atoms with Crippen molar-refractivity contribution in [1.29, 1.82) is 0 Å². The third-order valence-corrected chi connectivity index (χ3v) is 7.46. The van der Waals surface area contributed by atoms with Crippen LogP contribution < -0.4 is 14.8 Å². The average Bonchev–Trinajstić information content (AvgIpc) is 3.38. The van der Waals surface area contributed by atoms with E-state index in [9.17, 15) is 9.59 Å². The third kappa shape index (κ3) is 6.43. The van der Waals surface area contributed by atoms with Crippen LogP contribution in [0.15, 0.2) is 42.9 Å². The zero-order chi connectivity index (χ0) is 30.8. The van der Waals surface area contributed by atoms with Crippen molar-refractivity contribution in [3.8, 4) is 22.2 Å². The number of fused-ring (bicyclic) bond motifs is 2. The summed E-state index contributed by atoms with van der Waals surface area (Å²) in [7, 11) is 4.70. The van der Waals surface area contributed by atoms with Crippen LogP contribution in [-0.2, 0) is 4.74 Å². The number of amides is 2. The van der Waals surface area contributed by atoms with E-state index in [0.717, 1.165) is 11.1 Å². The molecule has 0 aliphatic carbocycles. The van der Waals surface area contributed by atoms with Crippen LogP contribution in [-0.4, -0.2) is 75.2 Å². The second-order valence-corrected chi connectivity index (χ2v) is 10.9. The monoisotopic (exact) mass is 605 g/mol. The first-order valence-corrected chi connectivity index (χ1v) is 13.9. The molecule has 222 valence electrons. The van der Waals surface area contributed by atoms with Crippen molar-refractivity contribution in [2.24, 2.45) is 0 Å². The van der Waals surface area contributed by atoms with E-state index in [1.165, 1.54) is 41.8 Å². The molecule has 0 aliphatic heterocycles. The van der Waals surface area contributed by atoms with Crippen molar-refractivity contribution in [2.75, 3.05) is 26.5 Å². The Morgan fingerprint density at radius 2 is 1.72 bits per heavy atom. The van der Waals surface area contributed by atoms with Crippen molar-refractivity contribution in [3.63, 3.8) is 0 Å². The molecule has 0 aliphatic rings. The molecule has 5 rings (SSSR count). The first kappa shape index (κ1) is 29.5. The van der Waals surface area contributed by atoms with Crippen molar-refractivity contribution < 1.29 is 28.2 Å². The van der Waals surface area contributed by atoms with Gasteiger partial charge in [-0.3, -0.25) is 10.1 Å². The van der Waals surface area contributed by atoms with E-state index < -0.39 is 24.1 Å². The summed E-state index contributed by atoms with van der Waals surface area (Å²) in [6.45, 7) is 5.24. The van der Waals surface area contributed by atoms with E-state index in [4.69, 9.17) is 14.2 Å². The number of methoxy groups -OCH3 is 1. The molecule has 0 unspecified atom stereocenters. The standard InChI is InChI=1S/C29H28FN7O5S/c1-14-7-18(25-21(8-14)35-24(40-6)13-31-25)27-36-20-9-19(30)22(10-23(20)43-27)41-15(2)16(3)42-29(39)34-17-11-32-26(33-12-17)28(38)37(4)5/h7-13,15-16H,1-6H3,(H,34,39)/t15-,16+/m0/s1. The number of carbonyl (C=O) groups excluding carboxylic acids is 2. The first-order valence-electron chi connectivity index (χ1n) is 13.1. The molecule has 0 bridgehead atoms. The minimum Gasteiger partial charge on any atom is -0.484 e. The summed E-state index contributed by atoms with van der Waals surface area (Å²) in [5, 5.41) is 3.16. The summed E-state index contributed by atoms with van der Waals surface area (Å²) in [5.74, 6) is -0.570. The van der Waals surface area contributed by atoms with Crippen molar-refractivity contribution in [2.45, 2.75) is 33.0 Å². The number of ether oxygens (including phenoxy) is 3. The number of aromatic nitrogens is 5. The van der Waals surface area contributed by atoms with Crippen LogP contribution in [0.3, 0.4) is 0 Å². The molecule has 5 aromatic rings. The van der Waals surface area contributed by atoms with Gasteiger partial charge in [0, 0.05) is 31.8 Å². The predicted molar refractivity (Wildman–Crippen MR) is 159 cm³/mol. The fourth-order valence-corrected chi connectivity index (χ4v) is 5.05. The number of anilines is 1. The maximum Gasteiger partial charge on any atom is 0.412 e. The predicted octanol–water partition coefficient (Wildman–Crippen LogP) is 5.26. The van der Waals surface area contributed by atoms with E-state index in [-0.39, 0.29) is 23.2 Å². The van der Waals surface area contributed by atoms with Gasteiger partial charge in [-0.05, 0) is 38.5 Å². The normalized spacial score (nSPS) is 12.5. The zero-order valence-corrected chi connectivity index (χ0v) is 25.0. The summed E-state index contributed by atoms with van der Waals surface area (Å²) in [6.07, 6.45) is 1.90. The lowest BCUT2D eigenvalue weighted by molar-refractivity contribution is 0.0402. The Labute approximate surface area is 249 Å². The highest BCUT2D eigenvalue weighted by Gasteiger charge is 2.22. The Morgan fingerprint density at radius 3 is 2.42 bits per heavy atom. The summed E-state index contributed by atoms with van der Waals surface area (Å²) in [5.41, 5.74) is 3.78. The molecule has 0 fully saturated rings. The first-order chi connectivity index (χ1) is 20.5. The van der Waals surface area contributed by atoms with Crippen LogP contribution in [0.25, 0.3) is 31.8 Å². The molecule has 0 saturated heterocycles. The van der Waals surface area contributed by atoms with Gasteiger partial charge in [-0.2, -0.15) is 0 Å². The number of benzene rings is 2. The summed E-state index contributed by atoms with van der Waals surface area (Å²) in [4.78, 5) is 47.2. The van der Waals surface area contributed by atoms with Crippen molar-refractivity contribution >= 4 is 50.3 Å². The van der Waals surface area contributed by atoms with E-state index in [0.29, 0.717) is 32.1 Å². The molecule has 0 saturated carbocycles. The maximum atomic E-state index is 15.1. The van der Waals surface area contributed by atoms with Gasteiger partial charge in [0.15, 0.2) is 11.6 Å². The van der Waals surface area contributed by atoms with Crippen LogP contribution in [0.4, 0.5) is 14.9 Å². The average molecular weight is 606 g/mol. The number of nitrogens with zero attached hydrogens (tertiary/aromatic N) is 6. The van der Waals surface area contributed by atoms with Gasteiger partial charge in [-0.25, -0.2) is 34.1 Å². The SMILES string of the molecule is COc1cnc2c(-c3nc4cc(F)c(O[C@@H](C)[C@@H](C)OC(=O)Nc5cnc(C(=O)N(C)C)nc5)cc4s3)cc(C)cc2n1. The maximum absolute atomic E-state index is 15.1. The molecule has 3 heterocycles. The third-order valence-electron chi connectivity index (χ3n) is 6.41. The molecule has 1 N–H and O–H groups in total. The number of carbonyl (C=O) groups is 2. The smallest absolute Gasteiger partial charge is 0.412 e. The van der Waals surface area contributed by atoms with Crippen LogP contribution in [0.1, 0.15) is 30.0 Å². The molecule has 0 radical (unpaired) electrons. The van der Waals surface area contributed by atoms with Gasteiger partial charge in [-0.15, -0.1) is 11.3 Å². The zero-order valence-electron chi connectivity index (χ0n) is 24.2. The van der Waals surface area contributed by atoms with Crippen LogP contribution in [0, 0.1) is 12.7 Å². The number of hydrogen-bond donors (Lipinski definition) is 1. The largest absolute Gasteiger partial charge is 0.484 e. The quantitative estimate of drug-likeness (QED) is 0.249. The molecule has 2 amide bonds. The highest BCUT2D eigenvalue weighted by molar-refractivity contribution is 7.21. The number of hydrogen-bond acceptors (Lipinski definition) is 11. The lowest BCUT2D eigenvalue weighted by atomic mass is 10.1. The minimum absolute atomic E-state index is 0.000709. The van der Waals surface area contributed by atoms with Crippen LogP contribution in [0.5, 0.6) is 11.6 Å². The fraction of sp³-hybridized carbons (Fsp3) is 0.276. The summed E-state index contributed by atoms with van der Waals surface area (Å²) < 4.78 is 32.3. The lowest BCUT2D eigenvalue weighted by Gasteiger charge is -2.22. The van der Waals surface area contributed by atoms with Gasteiger partial charge in [0.2, 0.25) is 11.7 Å². The Morgan fingerprint density at radius 1 is 0.977 bits per heavy atom. The molecule has 0 spiro atoms. The van der Waals surface area contributed by atoms with Gasteiger partial charge in [0.25, 0.3) is 5.91 Å². The Hall–Kier alpha value is -4.98. The Balaban J connectivity index is 1.28. The van der Waals surface area contributed by atoms with Crippen molar-refractivity contribution in [1.82, 2.24) is 29.8 Å². The van der Waals surface area contributed by atoms with Gasteiger partial charge in [0.05, 0.1) is 52.6 Å². The van der Waals surface area contributed by atoms with E-state index in [1.807, 2.05) is 19.1 Å². The highest BCUT2D eigenvalue weighted by atomic mass is 32.1. The summed E-state index contributed by atoms with van der Waals surface area (Å²) >= 11 is 1.37. The Bertz CT molecular complexity index is 1830. The molecule has 12 nitrogen and oxygen atoms in total. The Kier molecular flexibility index (Phi) is 8.30. The lowest BCUT2D eigenvalue weighted by Crippen LogP contribution is -2.32. The van der Waals surface area contributed by atoms with E-state index >= 15 is 4.39 Å².